The molecule has 4 aromatic rings. The van der Waals surface area contributed by atoms with Crippen LogP contribution in [0.4, 0.5) is 5.69 Å². The van der Waals surface area contributed by atoms with E-state index in [2.05, 4.69) is 10.3 Å². The molecule has 1 N–H and O–H groups in total. The summed E-state index contributed by atoms with van der Waals surface area (Å²) >= 11 is 1.57. The predicted octanol–water partition coefficient (Wildman–Crippen LogP) is 4.44. The van der Waals surface area contributed by atoms with Crippen molar-refractivity contribution in [1.29, 1.82) is 0 Å². The number of amides is 1. The number of carbonyl (C=O) groups is 1. The number of anilines is 1. The lowest BCUT2D eigenvalue weighted by Gasteiger charge is -2.07. The summed E-state index contributed by atoms with van der Waals surface area (Å²) in [6.07, 6.45) is 7.16. The summed E-state index contributed by atoms with van der Waals surface area (Å²) in [5, 5.41) is 4.93. The van der Waals surface area contributed by atoms with E-state index in [-0.39, 0.29) is 12.7 Å². The lowest BCUT2D eigenvalue weighted by atomic mass is 10.1. The molecule has 0 bridgehead atoms. The molecular weight excluding hydrogens is 374 g/mol. The molecule has 1 aliphatic rings. The summed E-state index contributed by atoms with van der Waals surface area (Å²) in [6.45, 7) is 0.228. The first kappa shape index (κ1) is 16.6. The highest BCUT2D eigenvalue weighted by Gasteiger charge is 2.13. The molecule has 0 saturated carbocycles. The minimum Gasteiger partial charge on any atom is -0.454 e. The van der Waals surface area contributed by atoms with Gasteiger partial charge in [-0.25, -0.2) is 4.98 Å². The van der Waals surface area contributed by atoms with Gasteiger partial charge in [-0.2, -0.15) is 0 Å². The van der Waals surface area contributed by atoms with Crippen LogP contribution >= 0.6 is 11.3 Å². The maximum atomic E-state index is 12.4. The van der Waals surface area contributed by atoms with Gasteiger partial charge < -0.3 is 14.8 Å². The number of ether oxygens (including phenoxy) is 2. The summed E-state index contributed by atoms with van der Waals surface area (Å²) in [7, 11) is 0. The smallest absolute Gasteiger partial charge is 0.248 e. The van der Waals surface area contributed by atoms with Crippen LogP contribution in [0.2, 0.25) is 0 Å². The van der Waals surface area contributed by atoms with Gasteiger partial charge in [-0.3, -0.25) is 9.20 Å². The number of nitrogens with one attached hydrogen (secondary N) is 1. The molecule has 0 fully saturated rings. The molecule has 0 atom stereocenters. The predicted molar refractivity (Wildman–Crippen MR) is 109 cm³/mol. The number of nitrogens with zero attached hydrogens (tertiary/aromatic N) is 2. The quantitative estimate of drug-likeness (QED) is 0.524. The zero-order chi connectivity index (χ0) is 18.9. The Morgan fingerprint density at radius 2 is 2.07 bits per heavy atom. The normalized spacial score (nSPS) is 12.7. The zero-order valence-electron chi connectivity index (χ0n) is 14.7. The SMILES string of the molecule is O=C(/C=C/c1ccc2c(c1)OCO2)Nc1ccccc1-c1cn2ccsc2n1. The Morgan fingerprint density at radius 3 is 3.00 bits per heavy atom. The molecule has 5 rings (SSSR count). The number of thiazole rings is 1. The highest BCUT2D eigenvalue weighted by Crippen LogP contribution is 2.33. The first-order chi connectivity index (χ1) is 13.8. The van der Waals surface area contributed by atoms with Crippen LogP contribution in [0.5, 0.6) is 11.5 Å². The van der Waals surface area contributed by atoms with Crippen LogP contribution in [0, 0.1) is 0 Å². The molecule has 2 aromatic heterocycles. The number of fused-ring (bicyclic) bond motifs is 2. The van der Waals surface area contributed by atoms with Crippen molar-refractivity contribution in [2.75, 3.05) is 12.1 Å². The minimum absolute atomic E-state index is 0.217. The number of aromatic nitrogens is 2. The summed E-state index contributed by atoms with van der Waals surface area (Å²) in [5.41, 5.74) is 3.28. The molecule has 1 aliphatic heterocycles. The fraction of sp³-hybridized carbons (Fsp3) is 0.0476. The Morgan fingerprint density at radius 1 is 1.18 bits per heavy atom. The number of hydrogen-bond donors (Lipinski definition) is 1. The van der Waals surface area contributed by atoms with Crippen molar-refractivity contribution in [1.82, 2.24) is 9.38 Å². The van der Waals surface area contributed by atoms with E-state index < -0.39 is 0 Å². The van der Waals surface area contributed by atoms with Crippen molar-refractivity contribution in [3.05, 3.63) is 71.9 Å². The van der Waals surface area contributed by atoms with E-state index in [4.69, 9.17) is 9.47 Å². The second-order valence-electron chi connectivity index (χ2n) is 6.20. The lowest BCUT2D eigenvalue weighted by molar-refractivity contribution is -0.111. The van der Waals surface area contributed by atoms with E-state index in [1.165, 1.54) is 6.08 Å². The topological polar surface area (TPSA) is 64.9 Å². The van der Waals surface area contributed by atoms with Crippen molar-refractivity contribution in [2.24, 2.45) is 0 Å². The van der Waals surface area contributed by atoms with Crippen molar-refractivity contribution in [3.63, 3.8) is 0 Å². The Hall–Kier alpha value is -3.58. The van der Waals surface area contributed by atoms with E-state index in [0.29, 0.717) is 11.4 Å². The van der Waals surface area contributed by atoms with Crippen LogP contribution in [-0.2, 0) is 4.79 Å². The van der Waals surface area contributed by atoms with Gasteiger partial charge in [-0.15, -0.1) is 11.3 Å². The van der Waals surface area contributed by atoms with Crippen molar-refractivity contribution >= 4 is 34.0 Å². The molecule has 2 aromatic carbocycles. The standard InChI is InChI=1S/C21H15N3O3S/c25-20(8-6-14-5-7-18-19(11-14)27-13-26-18)22-16-4-2-1-3-15(16)17-12-24-9-10-28-21(24)23-17/h1-12H,13H2,(H,22,25)/b8-6+. The largest absolute Gasteiger partial charge is 0.454 e. The van der Waals surface area contributed by atoms with E-state index >= 15 is 0 Å². The summed E-state index contributed by atoms with van der Waals surface area (Å²) in [6, 6.07) is 13.2. The van der Waals surface area contributed by atoms with Gasteiger partial charge >= 0.3 is 0 Å². The Balaban J connectivity index is 1.36. The number of imidazole rings is 1. The van der Waals surface area contributed by atoms with Crippen LogP contribution in [0.25, 0.3) is 22.3 Å². The number of para-hydroxylation sites is 1. The van der Waals surface area contributed by atoms with Crippen LogP contribution in [0.15, 0.2) is 66.3 Å². The monoisotopic (exact) mass is 389 g/mol. The highest BCUT2D eigenvalue weighted by molar-refractivity contribution is 7.15. The van der Waals surface area contributed by atoms with Crippen LogP contribution in [0.3, 0.4) is 0 Å². The third-order valence-electron chi connectivity index (χ3n) is 4.38. The Bertz CT molecular complexity index is 1180. The summed E-state index contributed by atoms with van der Waals surface area (Å²) < 4.78 is 12.6. The number of rotatable bonds is 4. The van der Waals surface area contributed by atoms with Gasteiger partial charge in [0.2, 0.25) is 12.7 Å². The van der Waals surface area contributed by atoms with Crippen molar-refractivity contribution in [2.45, 2.75) is 0 Å². The number of benzene rings is 2. The molecule has 0 aliphatic carbocycles. The molecular formula is C21H15N3O3S. The number of carbonyl (C=O) groups excluding carboxylic acids is 1. The van der Waals surface area contributed by atoms with Crippen molar-refractivity contribution in [3.8, 4) is 22.8 Å². The van der Waals surface area contributed by atoms with E-state index in [1.54, 1.807) is 17.4 Å². The molecule has 3 heterocycles. The second kappa shape index (κ2) is 6.86. The van der Waals surface area contributed by atoms with Gasteiger partial charge in [-0.1, -0.05) is 24.3 Å². The fourth-order valence-corrected chi connectivity index (χ4v) is 3.74. The molecule has 28 heavy (non-hydrogen) atoms. The highest BCUT2D eigenvalue weighted by atomic mass is 32.1. The van der Waals surface area contributed by atoms with Crippen molar-refractivity contribution < 1.29 is 14.3 Å². The van der Waals surface area contributed by atoms with Crippen LogP contribution < -0.4 is 14.8 Å². The maximum Gasteiger partial charge on any atom is 0.248 e. The molecule has 0 unspecified atom stereocenters. The second-order valence-corrected chi connectivity index (χ2v) is 7.07. The zero-order valence-corrected chi connectivity index (χ0v) is 15.5. The maximum absolute atomic E-state index is 12.4. The molecule has 1 amide bonds. The molecule has 6 nitrogen and oxygen atoms in total. The third-order valence-corrected chi connectivity index (χ3v) is 5.15. The van der Waals surface area contributed by atoms with Gasteiger partial charge in [0.25, 0.3) is 0 Å². The summed E-state index contributed by atoms with van der Waals surface area (Å²) in [4.78, 5) is 18.0. The molecule has 7 heteroatoms. The van der Waals surface area contributed by atoms with Gasteiger partial charge in [-0.05, 0) is 29.8 Å². The lowest BCUT2D eigenvalue weighted by Crippen LogP contribution is -2.08. The fourth-order valence-electron chi connectivity index (χ4n) is 3.04. The Kier molecular flexibility index (Phi) is 4.06. The molecule has 0 spiro atoms. The Labute approximate surface area is 164 Å². The minimum atomic E-state index is -0.217. The van der Waals surface area contributed by atoms with E-state index in [0.717, 1.165) is 27.5 Å². The van der Waals surface area contributed by atoms with Gasteiger partial charge in [0.05, 0.1) is 11.4 Å². The third kappa shape index (κ3) is 3.12. The van der Waals surface area contributed by atoms with E-state index in [1.807, 2.05) is 64.6 Å². The molecule has 0 saturated heterocycles. The number of hydrogen-bond acceptors (Lipinski definition) is 5. The average molecular weight is 389 g/mol. The van der Waals surface area contributed by atoms with Gasteiger partial charge in [0, 0.05) is 29.4 Å². The molecule has 138 valence electrons. The first-order valence-electron chi connectivity index (χ1n) is 8.66. The molecule has 0 radical (unpaired) electrons. The van der Waals surface area contributed by atoms with Gasteiger partial charge in [0.1, 0.15) is 0 Å². The van der Waals surface area contributed by atoms with Crippen LogP contribution in [-0.4, -0.2) is 22.1 Å². The van der Waals surface area contributed by atoms with Gasteiger partial charge in [0.15, 0.2) is 16.5 Å². The average Bonchev–Trinajstić information content (AvgIpc) is 3.42. The van der Waals surface area contributed by atoms with Crippen LogP contribution in [0.1, 0.15) is 5.56 Å². The summed E-state index contributed by atoms with van der Waals surface area (Å²) in [5.74, 6) is 1.19. The first-order valence-corrected chi connectivity index (χ1v) is 9.54. The van der Waals surface area contributed by atoms with E-state index in [9.17, 15) is 4.79 Å².